The van der Waals surface area contributed by atoms with Crippen molar-refractivity contribution in [2.75, 3.05) is 41.4 Å². The van der Waals surface area contributed by atoms with Gasteiger partial charge < -0.3 is 14.5 Å². The molecule has 0 amide bonds. The summed E-state index contributed by atoms with van der Waals surface area (Å²) in [6.45, 7) is 22.2. The molecule has 0 aromatic heterocycles. The Bertz CT molecular complexity index is 1270. The third-order valence-electron chi connectivity index (χ3n) is 6.77. The Balaban J connectivity index is 0.000000683. The smallest absolute Gasteiger partial charge is 0.382 e. The first-order chi connectivity index (χ1) is 19.2. The average molecular weight is 602 g/mol. The van der Waals surface area contributed by atoms with E-state index in [4.69, 9.17) is 4.74 Å². The molecule has 1 N–H and O–H groups in total. The third-order valence-corrected chi connectivity index (χ3v) is 10.9. The molecule has 0 unspecified atom stereocenters. The number of fused-ring (bicyclic) bond motifs is 2. The van der Waals surface area contributed by atoms with E-state index < -0.39 is 16.1 Å². The van der Waals surface area contributed by atoms with Crippen molar-refractivity contribution < 1.29 is 47.4 Å². The summed E-state index contributed by atoms with van der Waals surface area (Å²) < 4.78 is 4.83. The Morgan fingerprint density at radius 1 is 0.674 bits per heavy atom. The van der Waals surface area contributed by atoms with Gasteiger partial charge in [-0.2, -0.15) is 0 Å². The molecule has 0 radical (unpaired) electrons. The minimum Gasteiger partial charge on any atom is -0.382 e. The maximum absolute atomic E-state index is 4.83. The molecule has 0 atom stereocenters. The number of nitrogens with one attached hydrogen (secondary N) is 1. The molecule has 0 fully saturated rings. The predicted molar refractivity (Wildman–Crippen MR) is 188 cm³/mol. The first-order valence-corrected chi connectivity index (χ1v) is 22.1. The van der Waals surface area contributed by atoms with Crippen LogP contribution in [0.1, 0.15) is 25.0 Å². The SMILES string of the molecule is CCOCC.CN(C)Cc1[c-]c2ccccc2cc1[Si](C)(C)C.C[NH+](C)Cc1[c-]c2ccccc2cc1[Si](C)(C)C.[Li+].[Li+]. The zero-order valence-electron chi connectivity index (χ0n) is 30.0. The summed E-state index contributed by atoms with van der Waals surface area (Å²) in [5, 5.41) is 8.22. The van der Waals surface area contributed by atoms with Crippen LogP contribution < -0.4 is 53.0 Å². The molecular weight excluding hydrogens is 546 g/mol. The molecule has 43 heavy (non-hydrogen) atoms. The van der Waals surface area contributed by atoms with Crippen molar-refractivity contribution in [3.8, 4) is 0 Å². The van der Waals surface area contributed by atoms with Gasteiger partial charge in [0.25, 0.3) is 0 Å². The van der Waals surface area contributed by atoms with Crippen molar-refractivity contribution in [3.05, 3.63) is 83.9 Å². The number of ether oxygens (including phenoxy) is 1. The zero-order valence-corrected chi connectivity index (χ0v) is 32.0. The molecule has 0 spiro atoms. The summed E-state index contributed by atoms with van der Waals surface area (Å²) >= 11 is 0. The van der Waals surface area contributed by atoms with Crippen molar-refractivity contribution in [2.45, 2.75) is 66.2 Å². The summed E-state index contributed by atoms with van der Waals surface area (Å²) in [5.74, 6) is 0. The maximum Gasteiger partial charge on any atom is 1.00 e. The zero-order chi connectivity index (χ0) is 30.8. The number of quaternary nitrogens is 1. The second kappa shape index (κ2) is 19.4. The van der Waals surface area contributed by atoms with Gasteiger partial charge in [0.05, 0.1) is 20.6 Å². The standard InChI is InChI=1S/2C16H22NSi.C4H10O.2Li/c2*1-17(2)12-15-10-13-8-6-7-9-14(13)11-16(15)18(3,4)5;1-3-5-4-2;;/h2*6-9,11H,12H2,1-5H3;3-4H2,1-2H3;;/q2*-1;;2*+1/p+1. The predicted octanol–water partition coefficient (Wildman–Crippen LogP) is 0.127. The van der Waals surface area contributed by atoms with Gasteiger partial charge in [0.2, 0.25) is 0 Å². The van der Waals surface area contributed by atoms with Crippen LogP contribution in [0.3, 0.4) is 0 Å². The molecule has 224 valence electrons. The summed E-state index contributed by atoms with van der Waals surface area (Å²) in [6, 6.07) is 29.2. The van der Waals surface area contributed by atoms with Gasteiger partial charge in [-0.25, -0.2) is 0 Å². The molecule has 3 nitrogen and oxygen atoms in total. The Morgan fingerprint density at radius 3 is 1.42 bits per heavy atom. The van der Waals surface area contributed by atoms with Gasteiger partial charge >= 0.3 is 37.7 Å². The van der Waals surface area contributed by atoms with Gasteiger partial charge in [-0.1, -0.05) is 69.1 Å². The van der Waals surface area contributed by atoms with Gasteiger partial charge in [-0.15, -0.1) is 86.0 Å². The largest absolute Gasteiger partial charge is 1.00 e. The van der Waals surface area contributed by atoms with E-state index in [1.54, 1.807) is 5.19 Å². The monoisotopic (exact) mass is 601 g/mol. The number of benzene rings is 4. The molecule has 4 rings (SSSR count). The summed E-state index contributed by atoms with van der Waals surface area (Å²) in [6.07, 6.45) is 0. The van der Waals surface area contributed by atoms with Crippen molar-refractivity contribution in [2.24, 2.45) is 0 Å². The Morgan fingerprint density at radius 2 is 1.07 bits per heavy atom. The molecule has 0 aliphatic carbocycles. The van der Waals surface area contributed by atoms with Gasteiger partial charge in [-0.3, -0.25) is 0 Å². The minimum atomic E-state index is -1.32. The molecule has 0 heterocycles. The first-order valence-electron chi connectivity index (χ1n) is 15.1. The first kappa shape index (κ1) is 41.9. The Hall–Kier alpha value is -1.09. The molecule has 4 aromatic rings. The number of nitrogens with zero attached hydrogens (tertiary/aromatic N) is 1. The molecule has 0 saturated heterocycles. The molecular formula is C36H55Li2N2OSi2+. The number of hydrogen-bond acceptors (Lipinski definition) is 2. The molecule has 0 saturated carbocycles. The molecule has 7 heteroatoms. The summed E-state index contributed by atoms with van der Waals surface area (Å²) in [7, 11) is 6.03. The fourth-order valence-corrected chi connectivity index (χ4v) is 8.17. The van der Waals surface area contributed by atoms with Crippen molar-refractivity contribution in [3.63, 3.8) is 0 Å². The van der Waals surface area contributed by atoms with E-state index in [0.717, 1.165) is 26.3 Å². The Labute approximate surface area is 290 Å². The normalized spacial score (nSPS) is 11.3. The third kappa shape index (κ3) is 13.8. The van der Waals surface area contributed by atoms with Gasteiger partial charge in [0, 0.05) is 35.9 Å². The number of hydrogen-bond donors (Lipinski definition) is 1. The topological polar surface area (TPSA) is 16.9 Å². The van der Waals surface area contributed by atoms with E-state index in [1.807, 2.05) is 13.8 Å². The van der Waals surface area contributed by atoms with Crippen LogP contribution in [-0.2, 0) is 17.8 Å². The van der Waals surface area contributed by atoms with Crippen LogP contribution in [0.25, 0.3) is 21.5 Å². The van der Waals surface area contributed by atoms with Crippen molar-refractivity contribution >= 4 is 48.1 Å². The van der Waals surface area contributed by atoms with E-state index in [2.05, 4.69) is 145 Å². The average Bonchev–Trinajstić information content (AvgIpc) is 2.87. The molecule has 4 aromatic carbocycles. The second-order valence-electron chi connectivity index (χ2n) is 13.4. The Kier molecular flexibility index (Phi) is 18.9. The van der Waals surface area contributed by atoms with E-state index in [0.29, 0.717) is 0 Å². The van der Waals surface area contributed by atoms with Crippen molar-refractivity contribution in [1.29, 1.82) is 0 Å². The fourth-order valence-electron chi connectivity index (χ4n) is 4.89. The maximum atomic E-state index is 4.83. The fraction of sp³-hybridized carbons (Fsp3) is 0.444. The number of rotatable bonds is 8. The van der Waals surface area contributed by atoms with E-state index >= 15 is 0 Å². The van der Waals surface area contributed by atoms with Gasteiger partial charge in [-0.05, 0) is 27.9 Å². The van der Waals surface area contributed by atoms with E-state index in [-0.39, 0.29) is 37.7 Å². The van der Waals surface area contributed by atoms with Crippen LogP contribution in [-0.4, -0.2) is 62.5 Å². The van der Waals surface area contributed by atoms with Crippen LogP contribution in [0, 0.1) is 12.1 Å². The quantitative estimate of drug-likeness (QED) is 0.229. The van der Waals surface area contributed by atoms with Crippen LogP contribution in [0.4, 0.5) is 0 Å². The molecule has 0 bridgehead atoms. The minimum absolute atomic E-state index is 0. The van der Waals surface area contributed by atoms with Crippen LogP contribution >= 0.6 is 0 Å². The van der Waals surface area contributed by atoms with Crippen LogP contribution in [0.15, 0.2) is 60.7 Å². The van der Waals surface area contributed by atoms with Crippen LogP contribution in [0.2, 0.25) is 39.3 Å². The van der Waals surface area contributed by atoms with Crippen molar-refractivity contribution in [1.82, 2.24) is 4.90 Å². The summed E-state index contributed by atoms with van der Waals surface area (Å²) in [5.41, 5.74) is 2.78. The van der Waals surface area contributed by atoms with Crippen LogP contribution in [0.5, 0.6) is 0 Å². The van der Waals surface area contributed by atoms with Gasteiger partial charge in [0.1, 0.15) is 0 Å². The second-order valence-corrected chi connectivity index (χ2v) is 23.5. The molecule has 0 aliphatic heterocycles. The van der Waals surface area contributed by atoms with E-state index in [9.17, 15) is 0 Å². The van der Waals surface area contributed by atoms with E-state index in [1.165, 1.54) is 42.8 Å². The molecule has 0 aliphatic rings. The van der Waals surface area contributed by atoms with Gasteiger partial charge in [0.15, 0.2) is 0 Å². The summed E-state index contributed by atoms with van der Waals surface area (Å²) in [4.78, 5) is 3.69.